The van der Waals surface area contributed by atoms with Gasteiger partial charge in [0.2, 0.25) is 0 Å². The van der Waals surface area contributed by atoms with Crippen molar-refractivity contribution in [3.8, 4) is 6.07 Å². The van der Waals surface area contributed by atoms with Crippen LogP contribution in [0.2, 0.25) is 0 Å². The molecule has 0 atom stereocenters. The summed E-state index contributed by atoms with van der Waals surface area (Å²) in [5.41, 5.74) is 0.506. The Hall–Kier alpha value is -1.94. The monoisotopic (exact) mass is 291 g/mol. The number of urea groups is 1. The van der Waals surface area contributed by atoms with Crippen LogP contribution in [0.15, 0.2) is 18.3 Å². The molecule has 1 aliphatic heterocycles. The number of hydrogen-bond donors (Lipinski definition) is 2. The van der Waals surface area contributed by atoms with E-state index >= 15 is 0 Å². The largest absolute Gasteiger partial charge is 0.367 e. The molecule has 1 saturated heterocycles. The van der Waals surface area contributed by atoms with Crippen LogP contribution in [0.4, 0.5) is 10.6 Å². The van der Waals surface area contributed by atoms with E-state index < -0.39 is 0 Å². The van der Waals surface area contributed by atoms with E-state index in [0.717, 1.165) is 24.6 Å². The molecule has 7 heteroatoms. The zero-order chi connectivity index (χ0) is 14.2. The fourth-order valence-electron chi connectivity index (χ4n) is 1.86. The van der Waals surface area contributed by atoms with E-state index in [-0.39, 0.29) is 6.03 Å². The minimum Gasteiger partial charge on any atom is -0.367 e. The molecule has 1 aliphatic rings. The number of anilines is 1. The molecule has 0 bridgehead atoms. The van der Waals surface area contributed by atoms with Gasteiger partial charge in [0.25, 0.3) is 0 Å². The molecule has 0 aromatic carbocycles. The van der Waals surface area contributed by atoms with Gasteiger partial charge in [-0.25, -0.2) is 9.78 Å². The quantitative estimate of drug-likeness (QED) is 0.813. The number of aromatic nitrogens is 1. The van der Waals surface area contributed by atoms with Crippen molar-refractivity contribution in [2.75, 3.05) is 43.0 Å². The molecule has 0 saturated carbocycles. The van der Waals surface area contributed by atoms with Crippen molar-refractivity contribution in [2.24, 2.45) is 0 Å². The van der Waals surface area contributed by atoms with Gasteiger partial charge in [-0.2, -0.15) is 17.0 Å². The lowest BCUT2D eigenvalue weighted by Gasteiger charge is -2.26. The number of carbonyl (C=O) groups is 1. The number of pyridine rings is 1. The highest BCUT2D eigenvalue weighted by atomic mass is 32.2. The molecule has 1 fully saturated rings. The SMILES string of the molecule is N#Cc1cccnc1NCCNC(=O)N1CCSCC1. The Morgan fingerprint density at radius 2 is 2.25 bits per heavy atom. The summed E-state index contributed by atoms with van der Waals surface area (Å²) >= 11 is 1.87. The van der Waals surface area contributed by atoms with E-state index in [9.17, 15) is 4.79 Å². The third kappa shape index (κ3) is 4.03. The van der Waals surface area contributed by atoms with Crippen LogP contribution in [0, 0.1) is 11.3 Å². The van der Waals surface area contributed by atoms with Gasteiger partial charge in [-0.3, -0.25) is 0 Å². The molecule has 1 aromatic rings. The molecular formula is C13H17N5OS. The molecule has 2 heterocycles. The first-order valence-corrected chi connectivity index (χ1v) is 7.66. The number of hydrogen-bond acceptors (Lipinski definition) is 5. The number of thioether (sulfide) groups is 1. The van der Waals surface area contributed by atoms with Crippen LogP contribution in [0.5, 0.6) is 0 Å². The Labute approximate surface area is 122 Å². The van der Waals surface area contributed by atoms with E-state index in [4.69, 9.17) is 5.26 Å². The predicted octanol–water partition coefficient (Wildman–Crippen LogP) is 1.12. The van der Waals surface area contributed by atoms with Gasteiger partial charge >= 0.3 is 6.03 Å². The molecule has 2 N–H and O–H groups in total. The summed E-state index contributed by atoms with van der Waals surface area (Å²) in [6, 6.07) is 5.48. The molecule has 0 unspecified atom stereocenters. The molecule has 0 spiro atoms. The smallest absolute Gasteiger partial charge is 0.317 e. The summed E-state index contributed by atoms with van der Waals surface area (Å²) < 4.78 is 0. The number of carbonyl (C=O) groups excluding carboxylic acids is 1. The first-order chi connectivity index (χ1) is 9.81. The van der Waals surface area contributed by atoms with Gasteiger partial charge in [0.05, 0.1) is 5.56 Å². The number of nitriles is 1. The van der Waals surface area contributed by atoms with Gasteiger partial charge in [-0.1, -0.05) is 0 Å². The molecule has 2 amide bonds. The highest BCUT2D eigenvalue weighted by Gasteiger charge is 2.15. The number of amides is 2. The Balaban J connectivity index is 1.71. The van der Waals surface area contributed by atoms with Crippen molar-refractivity contribution in [1.29, 1.82) is 5.26 Å². The topological polar surface area (TPSA) is 81.0 Å². The average molecular weight is 291 g/mol. The Bertz CT molecular complexity index is 496. The van der Waals surface area contributed by atoms with E-state index in [2.05, 4.69) is 21.7 Å². The zero-order valence-electron chi connectivity index (χ0n) is 11.1. The molecule has 6 nitrogen and oxygen atoms in total. The standard InChI is InChI=1S/C13H17N5OS/c14-10-11-2-1-3-15-12(11)16-4-5-17-13(19)18-6-8-20-9-7-18/h1-3H,4-9H2,(H,15,16)(H,17,19). The lowest BCUT2D eigenvalue weighted by Crippen LogP contribution is -2.45. The summed E-state index contributed by atoms with van der Waals surface area (Å²) in [4.78, 5) is 17.8. The summed E-state index contributed by atoms with van der Waals surface area (Å²) in [6.45, 7) is 2.66. The highest BCUT2D eigenvalue weighted by molar-refractivity contribution is 7.99. The van der Waals surface area contributed by atoms with Crippen molar-refractivity contribution < 1.29 is 4.79 Å². The van der Waals surface area contributed by atoms with Crippen molar-refractivity contribution in [1.82, 2.24) is 15.2 Å². The normalized spacial score (nSPS) is 14.4. The molecule has 0 radical (unpaired) electrons. The second-order valence-corrected chi connectivity index (χ2v) is 5.49. The van der Waals surface area contributed by atoms with Gasteiger partial charge in [0, 0.05) is 43.9 Å². The average Bonchev–Trinajstić information content (AvgIpc) is 2.52. The highest BCUT2D eigenvalue weighted by Crippen LogP contribution is 2.09. The van der Waals surface area contributed by atoms with Crippen molar-refractivity contribution in [3.05, 3.63) is 23.9 Å². The minimum absolute atomic E-state index is 0.0198. The van der Waals surface area contributed by atoms with Gasteiger partial charge in [0.1, 0.15) is 11.9 Å². The van der Waals surface area contributed by atoms with Gasteiger partial charge in [0.15, 0.2) is 0 Å². The van der Waals surface area contributed by atoms with Crippen LogP contribution in [0.1, 0.15) is 5.56 Å². The minimum atomic E-state index is -0.0198. The third-order valence-corrected chi connectivity index (χ3v) is 3.86. The van der Waals surface area contributed by atoms with Crippen molar-refractivity contribution in [2.45, 2.75) is 0 Å². The lowest BCUT2D eigenvalue weighted by molar-refractivity contribution is 0.203. The van der Waals surface area contributed by atoms with E-state index in [0.29, 0.717) is 24.5 Å². The van der Waals surface area contributed by atoms with Gasteiger partial charge < -0.3 is 15.5 Å². The fraction of sp³-hybridized carbons (Fsp3) is 0.462. The van der Waals surface area contributed by atoms with Gasteiger partial charge in [-0.05, 0) is 12.1 Å². The summed E-state index contributed by atoms with van der Waals surface area (Å²) in [7, 11) is 0. The summed E-state index contributed by atoms with van der Waals surface area (Å²) in [5.74, 6) is 2.56. The Morgan fingerprint density at radius 1 is 1.45 bits per heavy atom. The lowest BCUT2D eigenvalue weighted by atomic mass is 10.3. The molecule has 1 aromatic heterocycles. The van der Waals surface area contributed by atoms with E-state index in [1.165, 1.54) is 0 Å². The fourth-order valence-corrected chi connectivity index (χ4v) is 2.77. The number of nitrogens with one attached hydrogen (secondary N) is 2. The number of rotatable bonds is 4. The van der Waals surface area contributed by atoms with Gasteiger partial charge in [-0.15, -0.1) is 0 Å². The second kappa shape index (κ2) is 7.60. The Kier molecular flexibility index (Phi) is 5.50. The van der Waals surface area contributed by atoms with Crippen LogP contribution < -0.4 is 10.6 Å². The molecule has 20 heavy (non-hydrogen) atoms. The van der Waals surface area contributed by atoms with Crippen LogP contribution in [0.3, 0.4) is 0 Å². The molecule has 0 aliphatic carbocycles. The maximum absolute atomic E-state index is 11.8. The van der Waals surface area contributed by atoms with Crippen molar-refractivity contribution in [3.63, 3.8) is 0 Å². The Morgan fingerprint density at radius 3 is 3.00 bits per heavy atom. The number of nitrogens with zero attached hydrogens (tertiary/aromatic N) is 3. The maximum Gasteiger partial charge on any atom is 0.317 e. The summed E-state index contributed by atoms with van der Waals surface area (Å²) in [5, 5.41) is 14.8. The zero-order valence-corrected chi connectivity index (χ0v) is 11.9. The van der Waals surface area contributed by atoms with Crippen LogP contribution in [-0.4, -0.2) is 53.6 Å². The van der Waals surface area contributed by atoms with E-state index in [1.807, 2.05) is 16.7 Å². The van der Waals surface area contributed by atoms with Crippen molar-refractivity contribution >= 4 is 23.6 Å². The van der Waals surface area contributed by atoms with E-state index in [1.54, 1.807) is 18.3 Å². The first kappa shape index (κ1) is 14.5. The van der Waals surface area contributed by atoms with Crippen LogP contribution in [-0.2, 0) is 0 Å². The second-order valence-electron chi connectivity index (χ2n) is 4.27. The third-order valence-electron chi connectivity index (χ3n) is 2.92. The molecule has 106 valence electrons. The summed E-state index contributed by atoms with van der Waals surface area (Å²) in [6.07, 6.45) is 1.63. The van der Waals surface area contributed by atoms with Crippen LogP contribution in [0.25, 0.3) is 0 Å². The predicted molar refractivity (Wildman–Crippen MR) is 79.7 cm³/mol. The first-order valence-electron chi connectivity index (χ1n) is 6.51. The molecule has 2 rings (SSSR count). The molecular weight excluding hydrogens is 274 g/mol. The van der Waals surface area contributed by atoms with Crippen LogP contribution >= 0.6 is 11.8 Å². The maximum atomic E-state index is 11.8.